The molecule has 0 unspecified atom stereocenters. The largest absolute Gasteiger partial charge is 0.0747 e. The van der Waals surface area contributed by atoms with Gasteiger partial charge in [0.2, 0.25) is 0 Å². The topological polar surface area (TPSA) is 0 Å². The second kappa shape index (κ2) is 3.69. The van der Waals surface area contributed by atoms with E-state index < -0.39 is 0 Å². The Labute approximate surface area is 88.9 Å². The average Bonchev–Trinajstić information content (AvgIpc) is 2.13. The molecular weight excluding hydrogens is 259 g/mol. The van der Waals surface area contributed by atoms with E-state index in [1.165, 1.54) is 51.4 Å². The van der Waals surface area contributed by atoms with Crippen LogP contribution in [-0.4, -0.2) is 0 Å². The summed E-state index contributed by atoms with van der Waals surface area (Å²) in [7, 11) is 0. The van der Waals surface area contributed by atoms with E-state index in [-0.39, 0.29) is 0 Å². The summed E-state index contributed by atoms with van der Waals surface area (Å²) in [4.78, 5) is 0. The maximum absolute atomic E-state index is 2.50. The highest BCUT2D eigenvalue weighted by atomic mass is 127. The van der Waals surface area contributed by atoms with Crippen molar-refractivity contribution < 1.29 is 0 Å². The normalized spacial score (nSPS) is 28.6. The Kier molecular flexibility index (Phi) is 2.78. The van der Waals surface area contributed by atoms with Gasteiger partial charge in [0.25, 0.3) is 0 Å². The Balaban J connectivity index is 2.02. The molecule has 0 atom stereocenters. The molecule has 2 rings (SSSR count). The zero-order valence-corrected chi connectivity index (χ0v) is 9.77. The zero-order valence-electron chi connectivity index (χ0n) is 7.61. The van der Waals surface area contributed by atoms with Crippen LogP contribution in [0, 0.1) is 5.41 Å². The SMILES string of the molecule is IC1=CCC2(CCCCC2)CC1. The first kappa shape index (κ1) is 9.04. The van der Waals surface area contributed by atoms with Crippen LogP contribution < -0.4 is 0 Å². The molecule has 0 radical (unpaired) electrons. The Morgan fingerprint density at radius 3 is 2.42 bits per heavy atom. The fourth-order valence-electron chi connectivity index (χ4n) is 2.67. The molecule has 1 heteroatoms. The third kappa shape index (κ3) is 1.86. The van der Waals surface area contributed by atoms with Crippen molar-refractivity contribution >= 4 is 22.6 Å². The van der Waals surface area contributed by atoms with Crippen LogP contribution in [0.15, 0.2) is 9.66 Å². The van der Waals surface area contributed by atoms with Gasteiger partial charge in [0.1, 0.15) is 0 Å². The summed E-state index contributed by atoms with van der Waals surface area (Å²) in [5, 5.41) is 0. The minimum absolute atomic E-state index is 0.757. The minimum Gasteiger partial charge on any atom is -0.0747 e. The van der Waals surface area contributed by atoms with Crippen LogP contribution >= 0.6 is 22.6 Å². The average molecular weight is 276 g/mol. The Bertz CT molecular complexity index is 187. The van der Waals surface area contributed by atoms with Crippen LogP contribution in [0.4, 0.5) is 0 Å². The van der Waals surface area contributed by atoms with Gasteiger partial charge in [0.05, 0.1) is 0 Å². The van der Waals surface area contributed by atoms with Gasteiger partial charge < -0.3 is 0 Å². The number of allylic oxidation sites excluding steroid dienone is 2. The molecule has 0 amide bonds. The van der Waals surface area contributed by atoms with Crippen molar-refractivity contribution in [2.24, 2.45) is 5.41 Å². The molecular formula is C11H17I. The summed E-state index contributed by atoms with van der Waals surface area (Å²) in [6.07, 6.45) is 14.2. The lowest BCUT2D eigenvalue weighted by atomic mass is 9.67. The van der Waals surface area contributed by atoms with Crippen molar-refractivity contribution in [3.05, 3.63) is 9.66 Å². The van der Waals surface area contributed by atoms with Gasteiger partial charge in [-0.05, 0) is 63.7 Å². The molecule has 12 heavy (non-hydrogen) atoms. The Morgan fingerprint density at radius 1 is 1.08 bits per heavy atom. The molecule has 2 aliphatic rings. The molecule has 0 aromatic rings. The molecule has 68 valence electrons. The number of hydrogen-bond donors (Lipinski definition) is 0. The summed E-state index contributed by atoms with van der Waals surface area (Å²) >= 11 is 2.50. The van der Waals surface area contributed by atoms with Crippen LogP contribution in [0.5, 0.6) is 0 Å². The van der Waals surface area contributed by atoms with Gasteiger partial charge in [-0.15, -0.1) is 0 Å². The predicted molar refractivity (Wildman–Crippen MR) is 61.5 cm³/mol. The standard InChI is InChI=1S/C11H17I/c12-10-4-8-11(9-5-10)6-2-1-3-7-11/h4H,1-3,5-9H2. The summed E-state index contributed by atoms with van der Waals surface area (Å²) in [6, 6.07) is 0. The van der Waals surface area contributed by atoms with Crippen molar-refractivity contribution in [2.75, 3.05) is 0 Å². The second-order valence-corrected chi connectivity index (χ2v) is 5.80. The lowest BCUT2D eigenvalue weighted by Gasteiger charge is -2.39. The third-order valence-corrected chi connectivity index (χ3v) is 4.54. The van der Waals surface area contributed by atoms with Crippen molar-refractivity contribution in [1.82, 2.24) is 0 Å². The molecule has 0 aliphatic heterocycles. The van der Waals surface area contributed by atoms with E-state index in [2.05, 4.69) is 28.7 Å². The van der Waals surface area contributed by atoms with Crippen LogP contribution in [0.1, 0.15) is 51.4 Å². The highest BCUT2D eigenvalue weighted by molar-refractivity contribution is 14.1. The monoisotopic (exact) mass is 276 g/mol. The maximum atomic E-state index is 2.50. The first-order valence-electron chi connectivity index (χ1n) is 5.15. The highest BCUT2D eigenvalue weighted by Crippen LogP contribution is 2.47. The van der Waals surface area contributed by atoms with Crippen molar-refractivity contribution in [2.45, 2.75) is 51.4 Å². The maximum Gasteiger partial charge on any atom is -0.0133 e. The molecule has 1 saturated carbocycles. The van der Waals surface area contributed by atoms with Gasteiger partial charge in [-0.1, -0.05) is 25.3 Å². The number of rotatable bonds is 0. The molecule has 0 aromatic heterocycles. The van der Waals surface area contributed by atoms with Gasteiger partial charge in [0.15, 0.2) is 0 Å². The predicted octanol–water partition coefficient (Wildman–Crippen LogP) is 4.44. The lowest BCUT2D eigenvalue weighted by Crippen LogP contribution is -2.25. The van der Waals surface area contributed by atoms with Crippen LogP contribution in [-0.2, 0) is 0 Å². The van der Waals surface area contributed by atoms with E-state index in [1.807, 2.05) is 0 Å². The van der Waals surface area contributed by atoms with Crippen molar-refractivity contribution in [1.29, 1.82) is 0 Å². The molecule has 0 saturated heterocycles. The van der Waals surface area contributed by atoms with Crippen LogP contribution in [0.2, 0.25) is 0 Å². The summed E-state index contributed by atoms with van der Waals surface area (Å²) in [6.45, 7) is 0. The zero-order chi connectivity index (χ0) is 8.44. The Hall–Kier alpha value is 0.470. The summed E-state index contributed by atoms with van der Waals surface area (Å²) < 4.78 is 1.60. The first-order valence-corrected chi connectivity index (χ1v) is 6.23. The summed E-state index contributed by atoms with van der Waals surface area (Å²) in [5.41, 5.74) is 0.757. The first-order chi connectivity index (χ1) is 5.81. The van der Waals surface area contributed by atoms with Crippen molar-refractivity contribution in [3.8, 4) is 0 Å². The van der Waals surface area contributed by atoms with E-state index in [0.29, 0.717) is 0 Å². The van der Waals surface area contributed by atoms with Crippen LogP contribution in [0.25, 0.3) is 0 Å². The fraction of sp³-hybridized carbons (Fsp3) is 0.818. The van der Waals surface area contributed by atoms with E-state index >= 15 is 0 Å². The molecule has 0 N–H and O–H groups in total. The number of hydrogen-bond acceptors (Lipinski definition) is 0. The van der Waals surface area contributed by atoms with Gasteiger partial charge in [-0.3, -0.25) is 0 Å². The molecule has 2 aliphatic carbocycles. The van der Waals surface area contributed by atoms with Gasteiger partial charge in [-0.2, -0.15) is 0 Å². The lowest BCUT2D eigenvalue weighted by molar-refractivity contribution is 0.170. The van der Waals surface area contributed by atoms with Crippen molar-refractivity contribution in [3.63, 3.8) is 0 Å². The third-order valence-electron chi connectivity index (χ3n) is 3.56. The van der Waals surface area contributed by atoms with Gasteiger partial charge in [-0.25, -0.2) is 0 Å². The fourth-order valence-corrected chi connectivity index (χ4v) is 3.16. The second-order valence-electron chi connectivity index (χ2n) is 4.42. The van der Waals surface area contributed by atoms with Gasteiger partial charge >= 0.3 is 0 Å². The molecule has 1 fully saturated rings. The molecule has 0 aromatic carbocycles. The quantitative estimate of drug-likeness (QED) is 0.574. The van der Waals surface area contributed by atoms with E-state index in [0.717, 1.165) is 5.41 Å². The Morgan fingerprint density at radius 2 is 1.83 bits per heavy atom. The molecule has 0 bridgehead atoms. The number of halogens is 1. The highest BCUT2D eigenvalue weighted by Gasteiger charge is 2.32. The van der Waals surface area contributed by atoms with E-state index in [4.69, 9.17) is 0 Å². The van der Waals surface area contributed by atoms with E-state index in [9.17, 15) is 0 Å². The molecule has 0 nitrogen and oxygen atoms in total. The van der Waals surface area contributed by atoms with E-state index in [1.54, 1.807) is 3.58 Å². The smallest absolute Gasteiger partial charge is 0.0133 e. The molecule has 0 heterocycles. The summed E-state index contributed by atoms with van der Waals surface area (Å²) in [5.74, 6) is 0. The minimum atomic E-state index is 0.757. The van der Waals surface area contributed by atoms with Gasteiger partial charge in [0, 0.05) is 0 Å². The van der Waals surface area contributed by atoms with Crippen LogP contribution in [0.3, 0.4) is 0 Å². The molecule has 1 spiro atoms.